The van der Waals surface area contributed by atoms with Crippen molar-refractivity contribution < 1.29 is 14.7 Å². The van der Waals surface area contributed by atoms with Crippen molar-refractivity contribution >= 4 is 11.9 Å². The van der Waals surface area contributed by atoms with E-state index in [4.69, 9.17) is 0 Å². The third-order valence-corrected chi connectivity index (χ3v) is 6.40. The van der Waals surface area contributed by atoms with E-state index in [1.807, 2.05) is 23.1 Å². The summed E-state index contributed by atoms with van der Waals surface area (Å²) in [4.78, 5) is 26.5. The molecule has 4 atom stereocenters. The minimum Gasteiger partial charge on any atom is -0.480 e. The van der Waals surface area contributed by atoms with Crippen LogP contribution in [0, 0.1) is 11.8 Å². The van der Waals surface area contributed by atoms with Crippen LogP contribution in [-0.2, 0) is 9.59 Å². The third-order valence-electron chi connectivity index (χ3n) is 6.40. The minimum atomic E-state index is -0.783. The number of hydrogen-bond donors (Lipinski definition) is 2. The second kappa shape index (κ2) is 7.39. The fourth-order valence-electron chi connectivity index (χ4n) is 4.97. The number of carboxylic acids is 1. The highest BCUT2D eigenvalue weighted by molar-refractivity contribution is 5.80. The van der Waals surface area contributed by atoms with E-state index >= 15 is 0 Å². The molecule has 2 N–H and O–H groups in total. The van der Waals surface area contributed by atoms with Crippen molar-refractivity contribution in [3.63, 3.8) is 0 Å². The molecule has 0 radical (unpaired) electrons. The van der Waals surface area contributed by atoms with Crippen LogP contribution in [0.5, 0.6) is 0 Å². The average molecular weight is 356 g/mol. The predicted molar refractivity (Wildman–Crippen MR) is 98.5 cm³/mol. The number of carbonyl (C=O) groups is 2. The molecule has 2 saturated carbocycles. The van der Waals surface area contributed by atoms with Crippen LogP contribution in [0.4, 0.5) is 0 Å². The van der Waals surface area contributed by atoms with Gasteiger partial charge in [0, 0.05) is 6.04 Å². The van der Waals surface area contributed by atoms with Crippen LogP contribution in [0.1, 0.15) is 56.6 Å². The molecular weight excluding hydrogens is 328 g/mol. The number of fused-ring (bicyclic) bond motifs is 1. The van der Waals surface area contributed by atoms with E-state index in [1.54, 1.807) is 0 Å². The third kappa shape index (κ3) is 3.63. The number of aliphatic carboxylic acids is 1. The molecule has 1 amide bonds. The van der Waals surface area contributed by atoms with Crippen molar-refractivity contribution in [2.75, 3.05) is 6.54 Å². The van der Waals surface area contributed by atoms with Crippen molar-refractivity contribution in [2.45, 2.75) is 63.1 Å². The molecule has 3 aliphatic rings. The highest BCUT2D eigenvalue weighted by atomic mass is 16.4. The van der Waals surface area contributed by atoms with Gasteiger partial charge in [-0.15, -0.1) is 0 Å². The molecule has 4 rings (SSSR count). The molecule has 1 aromatic rings. The van der Waals surface area contributed by atoms with Crippen LogP contribution in [0.3, 0.4) is 0 Å². The average Bonchev–Trinajstić information content (AvgIpc) is 3.43. The zero-order valence-corrected chi connectivity index (χ0v) is 15.1. The molecule has 0 aromatic heterocycles. The minimum absolute atomic E-state index is 0.0387. The number of carbonyl (C=O) groups excluding carboxylic acids is 1. The van der Waals surface area contributed by atoms with Gasteiger partial charge in [0.05, 0.1) is 12.6 Å². The summed E-state index contributed by atoms with van der Waals surface area (Å²) in [6.07, 6.45) is 7.43. The van der Waals surface area contributed by atoms with Crippen LogP contribution in [0.15, 0.2) is 30.3 Å². The van der Waals surface area contributed by atoms with Crippen LogP contribution in [0.2, 0.25) is 0 Å². The highest BCUT2D eigenvalue weighted by Crippen LogP contribution is 2.42. The van der Waals surface area contributed by atoms with Gasteiger partial charge in [-0.25, -0.2) is 0 Å². The first-order chi connectivity index (χ1) is 12.6. The van der Waals surface area contributed by atoms with Gasteiger partial charge in [-0.1, -0.05) is 43.2 Å². The van der Waals surface area contributed by atoms with Gasteiger partial charge in [0.2, 0.25) is 5.91 Å². The number of likely N-dealkylation sites (tertiary alicyclic amines) is 1. The normalized spacial score (nSPS) is 29.8. The lowest BCUT2D eigenvalue weighted by Crippen LogP contribution is -2.48. The number of benzene rings is 1. The second-order valence-corrected chi connectivity index (χ2v) is 8.17. The van der Waals surface area contributed by atoms with Gasteiger partial charge < -0.3 is 10.4 Å². The number of hydrogen-bond acceptors (Lipinski definition) is 3. The molecule has 1 aliphatic heterocycles. The molecular formula is C21H28N2O3. The van der Waals surface area contributed by atoms with Crippen LogP contribution in [-0.4, -0.2) is 40.5 Å². The number of carboxylic acid groups (broad SMARTS) is 1. The Morgan fingerprint density at radius 2 is 1.85 bits per heavy atom. The summed E-state index contributed by atoms with van der Waals surface area (Å²) in [6, 6.07) is 9.93. The molecule has 5 heteroatoms. The maximum absolute atomic E-state index is 12.8. The molecule has 0 bridgehead atoms. The van der Waals surface area contributed by atoms with Gasteiger partial charge in [-0.3, -0.25) is 14.5 Å². The van der Waals surface area contributed by atoms with Gasteiger partial charge in [0.15, 0.2) is 0 Å². The lowest BCUT2D eigenvalue weighted by Gasteiger charge is -2.33. The van der Waals surface area contributed by atoms with E-state index in [2.05, 4.69) is 17.4 Å². The van der Waals surface area contributed by atoms with Crippen molar-refractivity contribution in [1.29, 1.82) is 0 Å². The smallest absolute Gasteiger partial charge is 0.320 e. The molecule has 1 saturated heterocycles. The predicted octanol–water partition coefficient (Wildman–Crippen LogP) is 2.97. The SMILES string of the molecule is O=C(CN1C(C(=O)O)CC2CCCCC21)NC(c1ccccc1)C1CC1. The Balaban J connectivity index is 1.45. The van der Waals surface area contributed by atoms with Gasteiger partial charge in [0.1, 0.15) is 6.04 Å². The number of nitrogens with zero attached hydrogens (tertiary/aromatic N) is 1. The first-order valence-electron chi connectivity index (χ1n) is 9.96. The van der Waals surface area contributed by atoms with Crippen LogP contribution >= 0.6 is 0 Å². The Morgan fingerprint density at radius 1 is 1.12 bits per heavy atom. The van der Waals surface area contributed by atoms with E-state index in [-0.39, 0.29) is 24.5 Å². The first kappa shape index (κ1) is 17.5. The molecule has 5 nitrogen and oxygen atoms in total. The quantitative estimate of drug-likeness (QED) is 0.822. The van der Waals surface area contributed by atoms with Gasteiger partial charge in [-0.05, 0) is 49.5 Å². The lowest BCUT2D eigenvalue weighted by molar-refractivity contribution is -0.143. The molecule has 2 aliphatic carbocycles. The zero-order chi connectivity index (χ0) is 18.1. The maximum Gasteiger partial charge on any atom is 0.320 e. The Kier molecular flexibility index (Phi) is 4.98. The monoisotopic (exact) mass is 356 g/mol. The summed E-state index contributed by atoms with van der Waals surface area (Å²) in [5.41, 5.74) is 1.15. The topological polar surface area (TPSA) is 69.6 Å². The largest absolute Gasteiger partial charge is 0.480 e. The van der Waals surface area contributed by atoms with Crippen molar-refractivity contribution in [3.05, 3.63) is 35.9 Å². The fourth-order valence-corrected chi connectivity index (χ4v) is 4.97. The van der Waals surface area contributed by atoms with Gasteiger partial charge >= 0.3 is 5.97 Å². The summed E-state index contributed by atoms with van der Waals surface area (Å²) < 4.78 is 0. The number of nitrogens with one attached hydrogen (secondary N) is 1. The zero-order valence-electron chi connectivity index (χ0n) is 15.1. The Labute approximate surface area is 154 Å². The lowest BCUT2D eigenvalue weighted by atomic mass is 9.85. The van der Waals surface area contributed by atoms with Crippen molar-refractivity contribution in [2.24, 2.45) is 11.8 Å². The van der Waals surface area contributed by atoms with Crippen LogP contribution < -0.4 is 5.32 Å². The molecule has 1 aromatic carbocycles. The number of amides is 1. The standard InChI is InChI=1S/C21H28N2O3/c24-19(22-20(15-10-11-15)14-6-2-1-3-7-14)13-23-17-9-5-4-8-16(17)12-18(23)21(25)26/h1-3,6-7,15-18,20H,4-5,8-13H2,(H,22,24)(H,25,26). The molecule has 26 heavy (non-hydrogen) atoms. The summed E-state index contributed by atoms with van der Waals surface area (Å²) in [5.74, 6) is 0.126. The summed E-state index contributed by atoms with van der Waals surface area (Å²) in [6.45, 7) is 0.203. The van der Waals surface area contributed by atoms with Crippen molar-refractivity contribution in [1.82, 2.24) is 10.2 Å². The van der Waals surface area contributed by atoms with Gasteiger partial charge in [-0.2, -0.15) is 0 Å². The summed E-state index contributed by atoms with van der Waals surface area (Å²) in [5, 5.41) is 12.8. The highest BCUT2D eigenvalue weighted by Gasteiger charge is 2.46. The first-order valence-corrected chi connectivity index (χ1v) is 9.96. The Hall–Kier alpha value is -1.88. The molecule has 3 fully saturated rings. The maximum atomic E-state index is 12.8. The number of rotatable bonds is 6. The van der Waals surface area contributed by atoms with E-state index in [1.165, 1.54) is 6.42 Å². The van der Waals surface area contributed by atoms with E-state index in [0.29, 0.717) is 18.3 Å². The summed E-state index contributed by atoms with van der Waals surface area (Å²) >= 11 is 0. The molecule has 0 spiro atoms. The Morgan fingerprint density at radius 3 is 2.54 bits per heavy atom. The molecule has 1 heterocycles. The molecule has 4 unspecified atom stereocenters. The van der Waals surface area contributed by atoms with E-state index < -0.39 is 12.0 Å². The molecule has 140 valence electrons. The van der Waals surface area contributed by atoms with Gasteiger partial charge in [0.25, 0.3) is 0 Å². The summed E-state index contributed by atoms with van der Waals surface area (Å²) in [7, 11) is 0. The van der Waals surface area contributed by atoms with Crippen LogP contribution in [0.25, 0.3) is 0 Å². The van der Waals surface area contributed by atoms with E-state index in [9.17, 15) is 14.7 Å². The second-order valence-electron chi connectivity index (χ2n) is 8.17. The van der Waals surface area contributed by atoms with Crippen molar-refractivity contribution in [3.8, 4) is 0 Å². The Bertz CT molecular complexity index is 658. The fraction of sp³-hybridized carbons (Fsp3) is 0.619. The van der Waals surface area contributed by atoms with E-state index in [0.717, 1.165) is 37.7 Å².